The number of anilines is 1. The average molecular weight is 482 g/mol. The fourth-order valence-electron chi connectivity index (χ4n) is 3.67. The summed E-state index contributed by atoms with van der Waals surface area (Å²) in [7, 11) is 0. The van der Waals surface area contributed by atoms with Crippen LogP contribution in [0.3, 0.4) is 0 Å². The standard InChI is InChI=1S/C28H20ClN3OS/c1-18-8-7-11-20(16-18)25-26(34-28(32-25)22-12-5-6-13-23(22)29)21-14-15-30-24(17-21)31-27(33)19-9-3-2-4-10-19/h2-17H,1H3,(H,30,31,33). The molecule has 0 fully saturated rings. The van der Waals surface area contributed by atoms with E-state index in [0.29, 0.717) is 16.4 Å². The van der Waals surface area contributed by atoms with Crippen molar-refractivity contribution in [2.45, 2.75) is 6.92 Å². The van der Waals surface area contributed by atoms with E-state index in [1.165, 1.54) is 0 Å². The lowest BCUT2D eigenvalue weighted by molar-refractivity contribution is 0.102. The second-order valence-corrected chi connectivity index (χ2v) is 9.20. The van der Waals surface area contributed by atoms with Gasteiger partial charge in [0, 0.05) is 22.9 Å². The molecule has 3 aromatic carbocycles. The second-order valence-electron chi connectivity index (χ2n) is 7.80. The van der Waals surface area contributed by atoms with E-state index in [1.54, 1.807) is 29.7 Å². The van der Waals surface area contributed by atoms with E-state index in [1.807, 2.05) is 60.7 Å². The number of amides is 1. The summed E-state index contributed by atoms with van der Waals surface area (Å²) >= 11 is 8.06. The highest BCUT2D eigenvalue weighted by Gasteiger charge is 2.18. The van der Waals surface area contributed by atoms with Crippen LogP contribution in [0.2, 0.25) is 5.02 Å². The van der Waals surface area contributed by atoms with Crippen molar-refractivity contribution in [1.29, 1.82) is 0 Å². The molecule has 0 bridgehead atoms. The molecule has 0 radical (unpaired) electrons. The summed E-state index contributed by atoms with van der Waals surface area (Å²) in [5.74, 6) is 0.277. The summed E-state index contributed by atoms with van der Waals surface area (Å²) in [6, 6.07) is 28.9. The zero-order valence-corrected chi connectivity index (χ0v) is 19.9. The van der Waals surface area contributed by atoms with E-state index < -0.39 is 0 Å². The molecule has 5 aromatic rings. The summed E-state index contributed by atoms with van der Waals surface area (Å²) in [6.07, 6.45) is 1.70. The molecule has 34 heavy (non-hydrogen) atoms. The number of hydrogen-bond donors (Lipinski definition) is 1. The zero-order chi connectivity index (χ0) is 23.5. The van der Waals surface area contributed by atoms with Gasteiger partial charge in [-0.05, 0) is 48.9 Å². The maximum Gasteiger partial charge on any atom is 0.256 e. The minimum absolute atomic E-state index is 0.204. The number of hydrogen-bond acceptors (Lipinski definition) is 4. The number of rotatable bonds is 5. The number of carbonyl (C=O) groups excluding carboxylic acids is 1. The van der Waals surface area contributed by atoms with Crippen molar-refractivity contribution in [2.75, 3.05) is 5.32 Å². The van der Waals surface area contributed by atoms with Crippen molar-refractivity contribution < 1.29 is 4.79 Å². The van der Waals surface area contributed by atoms with Crippen LogP contribution < -0.4 is 5.32 Å². The van der Waals surface area contributed by atoms with Gasteiger partial charge < -0.3 is 5.32 Å². The van der Waals surface area contributed by atoms with Gasteiger partial charge in [0.25, 0.3) is 5.91 Å². The fourth-order valence-corrected chi connectivity index (χ4v) is 5.08. The van der Waals surface area contributed by atoms with Gasteiger partial charge in [0.1, 0.15) is 10.8 Å². The Morgan fingerprint density at radius 2 is 1.68 bits per heavy atom. The van der Waals surface area contributed by atoms with Crippen LogP contribution in [0.15, 0.2) is 97.2 Å². The second kappa shape index (κ2) is 9.59. The van der Waals surface area contributed by atoms with Crippen molar-refractivity contribution in [1.82, 2.24) is 9.97 Å². The van der Waals surface area contributed by atoms with Gasteiger partial charge in [-0.25, -0.2) is 9.97 Å². The molecule has 0 spiro atoms. The number of aryl methyl sites for hydroxylation is 1. The first-order valence-corrected chi connectivity index (χ1v) is 11.9. The lowest BCUT2D eigenvalue weighted by Gasteiger charge is -2.07. The number of carbonyl (C=O) groups is 1. The third-order valence-electron chi connectivity index (χ3n) is 5.32. The Kier molecular flexibility index (Phi) is 6.21. The predicted molar refractivity (Wildman–Crippen MR) is 140 cm³/mol. The minimum atomic E-state index is -0.204. The van der Waals surface area contributed by atoms with Crippen molar-refractivity contribution in [3.8, 4) is 32.3 Å². The third kappa shape index (κ3) is 4.62. The van der Waals surface area contributed by atoms with Crippen LogP contribution in [-0.4, -0.2) is 15.9 Å². The van der Waals surface area contributed by atoms with Crippen LogP contribution in [0.25, 0.3) is 32.3 Å². The molecule has 6 heteroatoms. The summed E-state index contributed by atoms with van der Waals surface area (Å²) in [4.78, 5) is 23.0. The Bertz CT molecular complexity index is 1480. The third-order valence-corrected chi connectivity index (χ3v) is 6.79. The van der Waals surface area contributed by atoms with E-state index in [0.717, 1.165) is 37.8 Å². The van der Waals surface area contributed by atoms with Gasteiger partial charge in [0.05, 0.1) is 15.6 Å². The number of pyridine rings is 1. The normalized spacial score (nSPS) is 10.8. The fraction of sp³-hybridized carbons (Fsp3) is 0.0357. The molecule has 0 unspecified atom stereocenters. The summed E-state index contributed by atoms with van der Waals surface area (Å²) in [5.41, 5.74) is 5.44. The van der Waals surface area contributed by atoms with Crippen LogP contribution in [0.5, 0.6) is 0 Å². The number of benzene rings is 3. The molecule has 1 N–H and O–H groups in total. The van der Waals surface area contributed by atoms with Gasteiger partial charge in [0.2, 0.25) is 0 Å². The van der Waals surface area contributed by atoms with Crippen molar-refractivity contribution in [3.63, 3.8) is 0 Å². The maximum atomic E-state index is 12.6. The topological polar surface area (TPSA) is 54.9 Å². The van der Waals surface area contributed by atoms with Crippen LogP contribution in [0.1, 0.15) is 15.9 Å². The minimum Gasteiger partial charge on any atom is -0.307 e. The lowest BCUT2D eigenvalue weighted by Crippen LogP contribution is -2.12. The zero-order valence-electron chi connectivity index (χ0n) is 18.3. The summed E-state index contributed by atoms with van der Waals surface area (Å²) < 4.78 is 0. The first-order valence-electron chi connectivity index (χ1n) is 10.7. The molecule has 0 aliphatic carbocycles. The van der Waals surface area contributed by atoms with Crippen molar-refractivity contribution in [2.24, 2.45) is 0 Å². The molecule has 0 saturated heterocycles. The van der Waals surface area contributed by atoms with Gasteiger partial charge in [0.15, 0.2) is 0 Å². The van der Waals surface area contributed by atoms with Gasteiger partial charge >= 0.3 is 0 Å². The highest BCUT2D eigenvalue weighted by Crippen LogP contribution is 2.42. The number of nitrogens with one attached hydrogen (secondary N) is 1. The number of halogens is 1. The van der Waals surface area contributed by atoms with Crippen LogP contribution in [0.4, 0.5) is 5.82 Å². The molecule has 166 valence electrons. The first kappa shape index (κ1) is 22.0. The van der Waals surface area contributed by atoms with Crippen LogP contribution in [0, 0.1) is 6.92 Å². The molecule has 2 aromatic heterocycles. The molecule has 5 rings (SSSR count). The molecule has 4 nitrogen and oxygen atoms in total. The molecular formula is C28H20ClN3OS. The molecule has 1 amide bonds. The summed E-state index contributed by atoms with van der Waals surface area (Å²) in [5, 5.41) is 4.39. The number of aromatic nitrogens is 2. The van der Waals surface area contributed by atoms with Crippen molar-refractivity contribution in [3.05, 3.63) is 113 Å². The highest BCUT2D eigenvalue weighted by atomic mass is 35.5. The molecule has 2 heterocycles. The van der Waals surface area contributed by atoms with E-state index in [4.69, 9.17) is 16.6 Å². The van der Waals surface area contributed by atoms with E-state index in [-0.39, 0.29) is 5.91 Å². The van der Waals surface area contributed by atoms with Crippen LogP contribution >= 0.6 is 22.9 Å². The average Bonchev–Trinajstić information content (AvgIpc) is 3.30. The Morgan fingerprint density at radius 3 is 2.47 bits per heavy atom. The number of thiazole rings is 1. The van der Waals surface area contributed by atoms with Crippen LogP contribution in [-0.2, 0) is 0 Å². The SMILES string of the molecule is Cc1cccc(-c2nc(-c3ccccc3Cl)sc2-c2ccnc(NC(=O)c3ccccc3)c2)c1. The molecule has 0 atom stereocenters. The van der Waals surface area contributed by atoms with Gasteiger partial charge in [-0.1, -0.05) is 71.8 Å². The molecular weight excluding hydrogens is 462 g/mol. The van der Waals surface area contributed by atoms with Gasteiger partial charge in [-0.2, -0.15) is 0 Å². The number of nitrogens with zero attached hydrogens (tertiary/aromatic N) is 2. The Hall–Kier alpha value is -3.80. The Labute approximate surface area is 206 Å². The first-order chi connectivity index (χ1) is 16.6. The van der Waals surface area contributed by atoms with E-state index in [2.05, 4.69) is 35.4 Å². The van der Waals surface area contributed by atoms with Crippen molar-refractivity contribution >= 4 is 34.7 Å². The smallest absolute Gasteiger partial charge is 0.256 e. The van der Waals surface area contributed by atoms with Gasteiger partial charge in [-0.15, -0.1) is 11.3 Å². The van der Waals surface area contributed by atoms with E-state index in [9.17, 15) is 4.79 Å². The van der Waals surface area contributed by atoms with Gasteiger partial charge in [-0.3, -0.25) is 4.79 Å². The predicted octanol–water partition coefficient (Wildman–Crippen LogP) is 7.75. The molecule has 0 aliphatic rings. The Morgan fingerprint density at radius 1 is 0.882 bits per heavy atom. The quantitative estimate of drug-likeness (QED) is 0.279. The maximum absolute atomic E-state index is 12.6. The summed E-state index contributed by atoms with van der Waals surface area (Å²) in [6.45, 7) is 2.06. The monoisotopic (exact) mass is 481 g/mol. The Balaban J connectivity index is 1.58. The molecule has 0 aliphatic heterocycles. The largest absolute Gasteiger partial charge is 0.307 e. The highest BCUT2D eigenvalue weighted by molar-refractivity contribution is 7.19. The van der Waals surface area contributed by atoms with E-state index >= 15 is 0 Å². The lowest BCUT2D eigenvalue weighted by atomic mass is 10.1. The molecule has 0 saturated carbocycles.